The Morgan fingerprint density at radius 3 is 2.44 bits per heavy atom. The molecule has 0 fully saturated rings. The van der Waals surface area contributed by atoms with Crippen molar-refractivity contribution >= 4 is 17.5 Å². The molecule has 2 amide bonds. The number of aromatic nitrogens is 1. The second-order valence-corrected chi connectivity index (χ2v) is 8.69. The van der Waals surface area contributed by atoms with Crippen LogP contribution in [0.5, 0.6) is 5.75 Å². The molecule has 1 heterocycles. The van der Waals surface area contributed by atoms with Crippen LogP contribution in [0, 0.1) is 0 Å². The molecule has 3 rings (SSSR count). The summed E-state index contributed by atoms with van der Waals surface area (Å²) in [5.41, 5.74) is 3.22. The van der Waals surface area contributed by atoms with Gasteiger partial charge in [0.1, 0.15) is 18.4 Å². The number of nitrogens with zero attached hydrogens (tertiary/aromatic N) is 1. The van der Waals surface area contributed by atoms with Crippen LogP contribution in [-0.2, 0) is 16.8 Å². The first-order valence-electron chi connectivity index (χ1n) is 10.6. The molecule has 0 spiro atoms. The first-order chi connectivity index (χ1) is 15.2. The van der Waals surface area contributed by atoms with E-state index < -0.39 is 6.04 Å². The number of hydrogen-bond acceptors (Lipinski definition) is 4. The fourth-order valence-corrected chi connectivity index (χ4v) is 3.03. The second kappa shape index (κ2) is 10.1. The molecule has 0 bridgehead atoms. The van der Waals surface area contributed by atoms with Crippen LogP contribution < -0.4 is 15.4 Å². The Kier molecular flexibility index (Phi) is 7.25. The molecule has 0 saturated heterocycles. The third kappa shape index (κ3) is 6.41. The predicted octanol–water partition coefficient (Wildman–Crippen LogP) is 4.72. The Labute approximate surface area is 189 Å². The Morgan fingerprint density at radius 2 is 1.78 bits per heavy atom. The lowest BCUT2D eigenvalue weighted by Gasteiger charge is -2.19. The van der Waals surface area contributed by atoms with Crippen molar-refractivity contribution in [2.24, 2.45) is 0 Å². The fraction of sp³-hybridized carbons (Fsp3) is 0.269. The summed E-state index contributed by atoms with van der Waals surface area (Å²) < 4.78 is 5.77. The molecule has 32 heavy (non-hydrogen) atoms. The molecule has 2 N–H and O–H groups in total. The lowest BCUT2D eigenvalue weighted by molar-refractivity contribution is -0.117. The van der Waals surface area contributed by atoms with Gasteiger partial charge in [0.25, 0.3) is 5.91 Å². The third-order valence-corrected chi connectivity index (χ3v) is 4.98. The topological polar surface area (TPSA) is 80.3 Å². The lowest BCUT2D eigenvalue weighted by Crippen LogP contribution is -2.41. The average molecular weight is 432 g/mol. The quantitative estimate of drug-likeness (QED) is 0.567. The molecule has 0 aliphatic rings. The highest BCUT2D eigenvalue weighted by atomic mass is 16.5. The summed E-state index contributed by atoms with van der Waals surface area (Å²) in [5.74, 6) is 0.0259. The number of hydrogen-bond donors (Lipinski definition) is 2. The third-order valence-electron chi connectivity index (χ3n) is 4.98. The zero-order valence-corrected chi connectivity index (χ0v) is 18.9. The van der Waals surface area contributed by atoms with Gasteiger partial charge in [-0.2, -0.15) is 0 Å². The number of amides is 2. The molecule has 1 unspecified atom stereocenters. The molecule has 2 aromatic carbocycles. The van der Waals surface area contributed by atoms with Gasteiger partial charge in [-0.25, -0.2) is 0 Å². The summed E-state index contributed by atoms with van der Waals surface area (Å²) in [6.45, 7) is 8.39. The fourth-order valence-electron chi connectivity index (χ4n) is 3.03. The van der Waals surface area contributed by atoms with Crippen molar-refractivity contribution < 1.29 is 14.3 Å². The number of benzene rings is 2. The van der Waals surface area contributed by atoms with Crippen LogP contribution in [-0.4, -0.2) is 22.8 Å². The maximum absolute atomic E-state index is 12.6. The zero-order chi connectivity index (χ0) is 23.1. The van der Waals surface area contributed by atoms with Crippen molar-refractivity contribution in [1.82, 2.24) is 10.3 Å². The van der Waals surface area contributed by atoms with E-state index in [9.17, 15) is 9.59 Å². The number of carbonyl (C=O) groups excluding carboxylic acids is 2. The van der Waals surface area contributed by atoms with E-state index in [4.69, 9.17) is 4.74 Å². The summed E-state index contributed by atoms with van der Waals surface area (Å²) in [6.07, 6.45) is 3.45. The Balaban J connectivity index is 1.55. The highest BCUT2D eigenvalue weighted by Crippen LogP contribution is 2.22. The van der Waals surface area contributed by atoms with E-state index in [1.54, 1.807) is 49.6 Å². The molecule has 1 aromatic heterocycles. The van der Waals surface area contributed by atoms with Crippen LogP contribution in [0.3, 0.4) is 0 Å². The highest BCUT2D eigenvalue weighted by Gasteiger charge is 2.18. The van der Waals surface area contributed by atoms with Crippen LogP contribution >= 0.6 is 0 Å². The summed E-state index contributed by atoms with van der Waals surface area (Å²) in [5, 5.41) is 5.57. The number of anilines is 1. The van der Waals surface area contributed by atoms with E-state index >= 15 is 0 Å². The standard InChI is InChI=1S/C26H29N3O3/c1-18(28-25(31)20-10-12-21(13-11-20)26(2,3)4)24(30)29-22-8-5-9-23(15-22)32-17-19-7-6-14-27-16-19/h5-16,18H,17H2,1-4H3,(H,28,31)(H,29,30). The second-order valence-electron chi connectivity index (χ2n) is 8.69. The SMILES string of the molecule is CC(NC(=O)c1ccc(C(C)(C)C)cc1)C(=O)Nc1cccc(OCc2cccnc2)c1. The van der Waals surface area contributed by atoms with Crippen molar-refractivity contribution in [2.45, 2.75) is 45.8 Å². The maximum Gasteiger partial charge on any atom is 0.251 e. The number of ether oxygens (including phenoxy) is 1. The molecule has 1 atom stereocenters. The number of carbonyl (C=O) groups is 2. The van der Waals surface area contributed by atoms with Gasteiger partial charge in [0.15, 0.2) is 0 Å². The highest BCUT2D eigenvalue weighted by molar-refractivity contribution is 6.01. The molecule has 0 aliphatic carbocycles. The van der Waals surface area contributed by atoms with Gasteiger partial charge in [0.2, 0.25) is 5.91 Å². The molecule has 166 valence electrons. The van der Waals surface area contributed by atoms with E-state index in [1.807, 2.05) is 30.3 Å². The smallest absolute Gasteiger partial charge is 0.251 e. The van der Waals surface area contributed by atoms with Gasteiger partial charge in [-0.05, 0) is 48.2 Å². The van der Waals surface area contributed by atoms with Gasteiger partial charge in [0, 0.05) is 35.3 Å². The molecule has 0 aliphatic heterocycles. The Morgan fingerprint density at radius 1 is 1.03 bits per heavy atom. The van der Waals surface area contributed by atoms with E-state index in [2.05, 4.69) is 36.4 Å². The zero-order valence-electron chi connectivity index (χ0n) is 18.9. The van der Waals surface area contributed by atoms with E-state index in [0.29, 0.717) is 23.6 Å². The average Bonchev–Trinajstić information content (AvgIpc) is 2.78. The molecular weight excluding hydrogens is 402 g/mol. The minimum absolute atomic E-state index is 0.0123. The molecule has 6 heteroatoms. The number of nitrogens with one attached hydrogen (secondary N) is 2. The first-order valence-corrected chi connectivity index (χ1v) is 10.6. The first kappa shape index (κ1) is 23.0. The van der Waals surface area contributed by atoms with Gasteiger partial charge in [0.05, 0.1) is 0 Å². The molecule has 0 radical (unpaired) electrons. The van der Waals surface area contributed by atoms with Gasteiger partial charge in [-0.15, -0.1) is 0 Å². The minimum atomic E-state index is -0.704. The summed E-state index contributed by atoms with van der Waals surface area (Å²) in [4.78, 5) is 29.2. The molecule has 0 saturated carbocycles. The maximum atomic E-state index is 12.6. The minimum Gasteiger partial charge on any atom is -0.489 e. The van der Waals surface area contributed by atoms with Crippen LogP contribution in [0.1, 0.15) is 49.2 Å². The summed E-state index contributed by atoms with van der Waals surface area (Å²) >= 11 is 0. The molecule has 6 nitrogen and oxygen atoms in total. The van der Waals surface area contributed by atoms with Crippen LogP contribution in [0.25, 0.3) is 0 Å². The van der Waals surface area contributed by atoms with Crippen molar-refractivity contribution in [1.29, 1.82) is 0 Å². The van der Waals surface area contributed by atoms with Crippen LogP contribution in [0.15, 0.2) is 73.1 Å². The van der Waals surface area contributed by atoms with Crippen LogP contribution in [0.4, 0.5) is 5.69 Å². The van der Waals surface area contributed by atoms with Crippen molar-refractivity contribution in [3.63, 3.8) is 0 Å². The molecule has 3 aromatic rings. The summed E-state index contributed by atoms with van der Waals surface area (Å²) in [7, 11) is 0. The van der Waals surface area contributed by atoms with Gasteiger partial charge in [-0.3, -0.25) is 14.6 Å². The lowest BCUT2D eigenvalue weighted by atomic mass is 9.86. The predicted molar refractivity (Wildman–Crippen MR) is 126 cm³/mol. The van der Waals surface area contributed by atoms with Crippen molar-refractivity contribution in [3.8, 4) is 5.75 Å². The Hall–Kier alpha value is -3.67. The monoisotopic (exact) mass is 431 g/mol. The van der Waals surface area contributed by atoms with Crippen molar-refractivity contribution in [3.05, 3.63) is 89.7 Å². The van der Waals surface area contributed by atoms with Gasteiger partial charge in [-0.1, -0.05) is 45.0 Å². The van der Waals surface area contributed by atoms with E-state index in [0.717, 1.165) is 11.1 Å². The van der Waals surface area contributed by atoms with Crippen LogP contribution in [0.2, 0.25) is 0 Å². The normalized spacial score (nSPS) is 12.0. The van der Waals surface area contributed by atoms with Crippen molar-refractivity contribution in [2.75, 3.05) is 5.32 Å². The largest absolute Gasteiger partial charge is 0.489 e. The Bertz CT molecular complexity index is 1060. The van der Waals surface area contributed by atoms with E-state index in [1.165, 1.54) is 0 Å². The van der Waals surface area contributed by atoms with Gasteiger partial charge >= 0.3 is 0 Å². The summed E-state index contributed by atoms with van der Waals surface area (Å²) in [6, 6.07) is 17.7. The van der Waals surface area contributed by atoms with Gasteiger partial charge < -0.3 is 15.4 Å². The number of rotatable bonds is 7. The van der Waals surface area contributed by atoms with E-state index in [-0.39, 0.29) is 17.2 Å². The number of pyridine rings is 1. The molecular formula is C26H29N3O3.